The van der Waals surface area contributed by atoms with E-state index in [1.165, 1.54) is 15.4 Å². The van der Waals surface area contributed by atoms with Gasteiger partial charge in [0, 0.05) is 9.79 Å². The molecule has 1 N–H and O–H groups in total. The highest BCUT2D eigenvalue weighted by atomic mass is 32.2. The summed E-state index contributed by atoms with van der Waals surface area (Å²) in [5.74, 6) is 0.371. The van der Waals surface area contributed by atoms with Crippen molar-refractivity contribution in [2.45, 2.75) is 30.6 Å². The molecule has 0 aromatic heterocycles. The lowest BCUT2D eigenvalue weighted by atomic mass is 10.1. The zero-order chi connectivity index (χ0) is 12.4. The molecule has 0 saturated carbocycles. The summed E-state index contributed by atoms with van der Waals surface area (Å²) < 4.78 is 0. The zero-order valence-electron chi connectivity index (χ0n) is 10.3. The van der Waals surface area contributed by atoms with Gasteiger partial charge in [-0.3, -0.25) is 0 Å². The van der Waals surface area contributed by atoms with Crippen molar-refractivity contribution < 1.29 is 5.11 Å². The first-order valence-electron chi connectivity index (χ1n) is 5.61. The molecule has 2 heteroatoms. The molecule has 17 heavy (non-hydrogen) atoms. The number of benzene rings is 2. The van der Waals surface area contributed by atoms with E-state index in [9.17, 15) is 5.11 Å². The molecule has 0 amide bonds. The van der Waals surface area contributed by atoms with Gasteiger partial charge >= 0.3 is 0 Å². The number of phenols is 1. The molecule has 0 aliphatic heterocycles. The van der Waals surface area contributed by atoms with E-state index in [-0.39, 0.29) is 0 Å². The first-order valence-corrected chi connectivity index (χ1v) is 6.42. The van der Waals surface area contributed by atoms with Gasteiger partial charge in [-0.2, -0.15) is 0 Å². The molecule has 0 saturated heterocycles. The lowest BCUT2D eigenvalue weighted by molar-refractivity contribution is 0.470. The normalized spacial score (nSPS) is 10.5. The number of aromatic hydroxyl groups is 1. The summed E-state index contributed by atoms with van der Waals surface area (Å²) in [5, 5.41) is 9.63. The molecule has 2 aromatic rings. The minimum absolute atomic E-state index is 0.371. The summed E-state index contributed by atoms with van der Waals surface area (Å²) in [5.41, 5.74) is 3.30. The molecule has 0 aliphatic carbocycles. The molecule has 0 unspecified atom stereocenters. The smallest absolute Gasteiger partial charge is 0.118 e. The van der Waals surface area contributed by atoms with Gasteiger partial charge in [-0.15, -0.1) is 0 Å². The van der Waals surface area contributed by atoms with Crippen LogP contribution in [0.5, 0.6) is 5.75 Å². The van der Waals surface area contributed by atoms with E-state index >= 15 is 0 Å². The summed E-state index contributed by atoms with van der Waals surface area (Å²) >= 11 is 1.74. The Kier molecular flexibility index (Phi) is 3.43. The Morgan fingerprint density at radius 1 is 0.941 bits per heavy atom. The van der Waals surface area contributed by atoms with E-state index in [1.54, 1.807) is 11.8 Å². The molecule has 1 nitrogen and oxygen atoms in total. The Balaban J connectivity index is 2.33. The molecule has 0 bridgehead atoms. The molecule has 2 aromatic carbocycles. The molecule has 2 rings (SSSR count). The molecule has 0 fully saturated rings. The molecular formula is C15H16OS. The van der Waals surface area contributed by atoms with Crippen LogP contribution >= 0.6 is 11.8 Å². The number of aryl methyl sites for hydroxylation is 3. The fourth-order valence-corrected chi connectivity index (χ4v) is 2.79. The number of phenolic OH excluding ortho intramolecular Hbond substituents is 1. The SMILES string of the molecule is Cc1cccc(Sc2cc(C)c(O)cc2C)c1. The van der Waals surface area contributed by atoms with E-state index in [1.807, 2.05) is 26.0 Å². The van der Waals surface area contributed by atoms with E-state index in [0.29, 0.717) is 5.75 Å². The summed E-state index contributed by atoms with van der Waals surface area (Å²) in [6, 6.07) is 12.3. The lowest BCUT2D eigenvalue weighted by Gasteiger charge is -2.09. The van der Waals surface area contributed by atoms with Gasteiger partial charge in [0.25, 0.3) is 0 Å². The van der Waals surface area contributed by atoms with Gasteiger partial charge in [0.05, 0.1) is 0 Å². The van der Waals surface area contributed by atoms with Crippen molar-refractivity contribution in [2.24, 2.45) is 0 Å². The van der Waals surface area contributed by atoms with Gasteiger partial charge < -0.3 is 5.11 Å². The summed E-state index contributed by atoms with van der Waals surface area (Å²) in [6.07, 6.45) is 0. The third-order valence-corrected chi connectivity index (χ3v) is 3.86. The molecule has 0 atom stereocenters. The highest BCUT2D eigenvalue weighted by Crippen LogP contribution is 2.33. The minimum Gasteiger partial charge on any atom is -0.508 e. The average Bonchev–Trinajstić information content (AvgIpc) is 2.26. The second kappa shape index (κ2) is 4.84. The van der Waals surface area contributed by atoms with Crippen LogP contribution < -0.4 is 0 Å². The van der Waals surface area contributed by atoms with E-state index in [2.05, 4.69) is 31.2 Å². The van der Waals surface area contributed by atoms with Crippen molar-refractivity contribution in [3.05, 3.63) is 53.1 Å². The van der Waals surface area contributed by atoms with Gasteiger partial charge in [0.2, 0.25) is 0 Å². The predicted octanol–water partition coefficient (Wildman–Crippen LogP) is 4.47. The third-order valence-electron chi connectivity index (χ3n) is 2.71. The van der Waals surface area contributed by atoms with Crippen LogP contribution in [0.2, 0.25) is 0 Å². The van der Waals surface area contributed by atoms with Gasteiger partial charge in [-0.1, -0.05) is 29.5 Å². The Hall–Kier alpha value is -1.41. The second-order valence-electron chi connectivity index (χ2n) is 4.32. The topological polar surface area (TPSA) is 20.2 Å². The van der Waals surface area contributed by atoms with Crippen molar-refractivity contribution in [3.63, 3.8) is 0 Å². The molecule has 0 aliphatic rings. The molecule has 0 spiro atoms. The monoisotopic (exact) mass is 244 g/mol. The van der Waals surface area contributed by atoms with Gasteiger partial charge in [0.1, 0.15) is 5.75 Å². The van der Waals surface area contributed by atoms with Crippen LogP contribution in [-0.4, -0.2) is 5.11 Å². The Morgan fingerprint density at radius 2 is 1.71 bits per heavy atom. The number of hydrogen-bond donors (Lipinski definition) is 1. The van der Waals surface area contributed by atoms with Crippen molar-refractivity contribution >= 4 is 11.8 Å². The summed E-state index contributed by atoms with van der Waals surface area (Å²) in [7, 11) is 0. The Bertz CT molecular complexity index is 547. The van der Waals surface area contributed by atoms with Crippen LogP contribution in [0.4, 0.5) is 0 Å². The highest BCUT2D eigenvalue weighted by molar-refractivity contribution is 7.99. The van der Waals surface area contributed by atoms with Crippen LogP contribution in [0.1, 0.15) is 16.7 Å². The minimum atomic E-state index is 0.371. The molecule has 0 radical (unpaired) electrons. The maximum Gasteiger partial charge on any atom is 0.118 e. The van der Waals surface area contributed by atoms with E-state index < -0.39 is 0 Å². The summed E-state index contributed by atoms with van der Waals surface area (Å²) in [4.78, 5) is 2.43. The highest BCUT2D eigenvalue weighted by Gasteiger charge is 2.05. The maximum atomic E-state index is 9.63. The lowest BCUT2D eigenvalue weighted by Crippen LogP contribution is -1.84. The van der Waals surface area contributed by atoms with Gasteiger partial charge in [-0.05, 0) is 56.2 Å². The van der Waals surface area contributed by atoms with Gasteiger partial charge in [0.15, 0.2) is 0 Å². The van der Waals surface area contributed by atoms with Crippen LogP contribution in [0.3, 0.4) is 0 Å². The van der Waals surface area contributed by atoms with Crippen LogP contribution in [0.15, 0.2) is 46.2 Å². The van der Waals surface area contributed by atoms with Crippen LogP contribution in [0, 0.1) is 20.8 Å². The van der Waals surface area contributed by atoms with Crippen molar-refractivity contribution in [3.8, 4) is 5.75 Å². The average molecular weight is 244 g/mol. The third kappa shape index (κ3) is 2.83. The van der Waals surface area contributed by atoms with Crippen molar-refractivity contribution in [1.82, 2.24) is 0 Å². The van der Waals surface area contributed by atoms with Crippen molar-refractivity contribution in [1.29, 1.82) is 0 Å². The summed E-state index contributed by atoms with van der Waals surface area (Å²) in [6.45, 7) is 6.05. The Labute approximate surface area is 107 Å². The van der Waals surface area contributed by atoms with Crippen molar-refractivity contribution in [2.75, 3.05) is 0 Å². The zero-order valence-corrected chi connectivity index (χ0v) is 11.1. The van der Waals surface area contributed by atoms with E-state index in [4.69, 9.17) is 0 Å². The first-order chi connectivity index (χ1) is 8.06. The number of hydrogen-bond acceptors (Lipinski definition) is 2. The number of rotatable bonds is 2. The largest absolute Gasteiger partial charge is 0.508 e. The van der Waals surface area contributed by atoms with E-state index in [0.717, 1.165) is 11.1 Å². The standard InChI is InChI=1S/C15H16OS/c1-10-5-4-6-13(7-10)17-15-9-11(2)14(16)8-12(15)3/h4-9,16H,1-3H3. The van der Waals surface area contributed by atoms with Crippen LogP contribution in [-0.2, 0) is 0 Å². The fourth-order valence-electron chi connectivity index (χ4n) is 1.69. The quantitative estimate of drug-likeness (QED) is 0.841. The first kappa shape index (κ1) is 12.1. The maximum absolute atomic E-state index is 9.63. The van der Waals surface area contributed by atoms with Gasteiger partial charge in [-0.25, -0.2) is 0 Å². The predicted molar refractivity (Wildman–Crippen MR) is 72.9 cm³/mol. The molecule has 88 valence electrons. The Morgan fingerprint density at radius 3 is 2.41 bits per heavy atom. The molecular weight excluding hydrogens is 228 g/mol. The van der Waals surface area contributed by atoms with Crippen LogP contribution in [0.25, 0.3) is 0 Å². The molecule has 0 heterocycles. The fraction of sp³-hybridized carbons (Fsp3) is 0.200. The second-order valence-corrected chi connectivity index (χ2v) is 5.44.